The topological polar surface area (TPSA) is 25.8 Å². The van der Waals surface area contributed by atoms with E-state index in [2.05, 4.69) is 52.4 Å². The molecule has 0 N–H and O–H groups in total. The number of rotatable bonds is 7. The van der Waals surface area contributed by atoms with Gasteiger partial charge >= 0.3 is 0 Å². The second-order valence-corrected chi connectivity index (χ2v) is 8.34. The molecule has 0 spiro atoms. The van der Waals surface area contributed by atoms with Crippen LogP contribution >= 0.6 is 0 Å². The molecular weight excluding hydrogens is 407 g/mol. The predicted octanol–water partition coefficient (Wildman–Crippen LogP) is 7.67. The highest BCUT2D eigenvalue weighted by atomic mass is 19.1. The minimum atomic E-state index is -0.235. The molecule has 0 saturated heterocycles. The fraction of sp³-hybridized carbons (Fsp3) is 0.133. The van der Waals surface area contributed by atoms with Crippen LogP contribution in [0.5, 0.6) is 0 Å². The monoisotopic (exact) mass is 432 g/mol. The maximum Gasteiger partial charge on any atom is 0.159 e. The summed E-state index contributed by atoms with van der Waals surface area (Å²) in [5.74, 6) is 0.368. The summed E-state index contributed by atoms with van der Waals surface area (Å²) in [6, 6.07) is 31.8. The zero-order valence-corrected chi connectivity index (χ0v) is 18.4. The van der Waals surface area contributed by atoms with Crippen molar-refractivity contribution in [3.8, 4) is 22.5 Å². The molecule has 5 aromatic rings. The first kappa shape index (κ1) is 21.0. The van der Waals surface area contributed by atoms with E-state index in [1.165, 1.54) is 17.2 Å². The van der Waals surface area contributed by atoms with Gasteiger partial charge < -0.3 is 0 Å². The molecule has 162 valence electrons. The molecule has 4 aromatic carbocycles. The summed E-state index contributed by atoms with van der Waals surface area (Å²) in [4.78, 5) is 9.17. The molecule has 0 amide bonds. The lowest BCUT2D eigenvalue weighted by Crippen LogP contribution is -1.93. The zero-order chi connectivity index (χ0) is 22.5. The van der Waals surface area contributed by atoms with Gasteiger partial charge in [-0.2, -0.15) is 0 Å². The fourth-order valence-corrected chi connectivity index (χ4v) is 4.19. The van der Waals surface area contributed by atoms with Gasteiger partial charge in [0, 0.05) is 22.7 Å². The maximum atomic E-state index is 14.8. The largest absolute Gasteiger partial charge is 0.236 e. The summed E-state index contributed by atoms with van der Waals surface area (Å²) in [5, 5.41) is 0.989. The van der Waals surface area contributed by atoms with Gasteiger partial charge in [0.1, 0.15) is 5.82 Å². The van der Waals surface area contributed by atoms with Crippen LogP contribution < -0.4 is 0 Å². The van der Waals surface area contributed by atoms with Crippen LogP contribution in [0.3, 0.4) is 0 Å². The molecular formula is C30H25FN2. The van der Waals surface area contributed by atoms with Crippen LogP contribution in [0.15, 0.2) is 103 Å². The molecule has 1 aromatic heterocycles. The van der Waals surface area contributed by atoms with E-state index in [1.807, 2.05) is 48.7 Å². The van der Waals surface area contributed by atoms with Crippen molar-refractivity contribution in [3.63, 3.8) is 0 Å². The Bertz CT molecular complexity index is 1380. The van der Waals surface area contributed by atoms with E-state index >= 15 is 0 Å². The summed E-state index contributed by atoms with van der Waals surface area (Å²) in [6.07, 6.45) is 6.12. The Hall–Kier alpha value is -3.85. The molecule has 0 aliphatic heterocycles. The van der Waals surface area contributed by atoms with Gasteiger partial charge in [0.2, 0.25) is 0 Å². The van der Waals surface area contributed by atoms with Gasteiger partial charge in [0.15, 0.2) is 5.82 Å². The second kappa shape index (κ2) is 9.74. The molecule has 33 heavy (non-hydrogen) atoms. The van der Waals surface area contributed by atoms with E-state index in [0.29, 0.717) is 11.4 Å². The van der Waals surface area contributed by atoms with Crippen molar-refractivity contribution in [2.75, 3.05) is 0 Å². The number of halogens is 1. The van der Waals surface area contributed by atoms with Crippen molar-refractivity contribution in [3.05, 3.63) is 120 Å². The third-order valence-corrected chi connectivity index (χ3v) is 5.98. The number of nitrogens with zero attached hydrogens (tertiary/aromatic N) is 2. The quantitative estimate of drug-likeness (QED) is 0.247. The highest BCUT2D eigenvalue weighted by molar-refractivity contribution is 5.80. The number of aryl methyl sites for hydroxylation is 2. The molecule has 5 rings (SSSR count). The summed E-state index contributed by atoms with van der Waals surface area (Å²) < 4.78 is 14.8. The lowest BCUT2D eigenvalue weighted by Gasteiger charge is -2.09. The van der Waals surface area contributed by atoms with Crippen molar-refractivity contribution in [2.45, 2.75) is 25.7 Å². The van der Waals surface area contributed by atoms with Gasteiger partial charge in [0.05, 0.1) is 5.52 Å². The molecule has 1 heterocycles. The Morgan fingerprint density at radius 2 is 1.39 bits per heavy atom. The molecule has 3 heteroatoms. The van der Waals surface area contributed by atoms with E-state index in [1.54, 1.807) is 6.07 Å². The maximum absolute atomic E-state index is 14.8. The van der Waals surface area contributed by atoms with Gasteiger partial charge in [-0.25, -0.2) is 14.4 Å². The predicted molar refractivity (Wildman–Crippen MR) is 133 cm³/mol. The van der Waals surface area contributed by atoms with E-state index in [9.17, 15) is 4.39 Å². The minimum Gasteiger partial charge on any atom is -0.236 e. The smallest absolute Gasteiger partial charge is 0.159 e. The molecule has 0 fully saturated rings. The normalized spacial score (nSPS) is 11.1. The molecule has 0 bridgehead atoms. The van der Waals surface area contributed by atoms with Crippen molar-refractivity contribution in [2.24, 2.45) is 0 Å². The van der Waals surface area contributed by atoms with E-state index in [4.69, 9.17) is 0 Å². The second-order valence-electron chi connectivity index (χ2n) is 8.34. The molecule has 0 saturated carbocycles. The number of fused-ring (bicyclic) bond motifs is 1. The van der Waals surface area contributed by atoms with Crippen molar-refractivity contribution < 1.29 is 4.39 Å². The van der Waals surface area contributed by atoms with Crippen molar-refractivity contribution in [1.82, 2.24) is 9.97 Å². The molecule has 0 radical (unpaired) electrons. The summed E-state index contributed by atoms with van der Waals surface area (Å²) >= 11 is 0. The molecule has 0 unspecified atom stereocenters. The first-order valence-corrected chi connectivity index (χ1v) is 11.4. The Morgan fingerprint density at radius 1 is 0.636 bits per heavy atom. The molecule has 0 aliphatic carbocycles. The third-order valence-electron chi connectivity index (χ3n) is 5.98. The van der Waals surface area contributed by atoms with Gasteiger partial charge in [-0.15, -0.1) is 0 Å². The summed E-state index contributed by atoms with van der Waals surface area (Å²) in [6.45, 7) is 0. The zero-order valence-electron chi connectivity index (χ0n) is 18.4. The Balaban J connectivity index is 1.34. The van der Waals surface area contributed by atoms with Crippen LogP contribution in [0.25, 0.3) is 33.4 Å². The summed E-state index contributed by atoms with van der Waals surface area (Å²) in [5.41, 5.74) is 5.76. The van der Waals surface area contributed by atoms with E-state index < -0.39 is 0 Å². The standard InChI is InChI=1S/C30H25FN2/c31-28-18-17-25(30-32-21-26-14-6-7-16-29(26)33-30)20-27(28)24-15-8-13-23(19-24)12-5-4-11-22-9-2-1-3-10-22/h1-3,6-10,13-21H,4-5,11-12H2. The molecule has 0 aliphatic rings. The van der Waals surface area contributed by atoms with E-state index in [0.717, 1.165) is 47.7 Å². The number of hydrogen-bond acceptors (Lipinski definition) is 2. The van der Waals surface area contributed by atoms with Crippen LogP contribution in [-0.2, 0) is 12.8 Å². The first-order valence-electron chi connectivity index (χ1n) is 11.4. The van der Waals surface area contributed by atoms with Gasteiger partial charge in [0.25, 0.3) is 0 Å². The van der Waals surface area contributed by atoms with Gasteiger partial charge in [-0.3, -0.25) is 0 Å². The first-order chi connectivity index (χ1) is 16.3. The van der Waals surface area contributed by atoms with E-state index in [-0.39, 0.29) is 5.82 Å². The number of hydrogen-bond donors (Lipinski definition) is 0. The van der Waals surface area contributed by atoms with Crippen LogP contribution in [0, 0.1) is 5.82 Å². The van der Waals surface area contributed by atoms with Crippen LogP contribution in [0.4, 0.5) is 4.39 Å². The van der Waals surface area contributed by atoms with Gasteiger partial charge in [-0.05, 0) is 66.6 Å². The number of para-hydroxylation sites is 1. The summed E-state index contributed by atoms with van der Waals surface area (Å²) in [7, 11) is 0. The van der Waals surface area contributed by atoms with Crippen LogP contribution in [-0.4, -0.2) is 9.97 Å². The van der Waals surface area contributed by atoms with Crippen LogP contribution in [0.1, 0.15) is 24.0 Å². The lowest BCUT2D eigenvalue weighted by atomic mass is 9.97. The Kier molecular flexibility index (Phi) is 6.21. The molecule has 2 nitrogen and oxygen atoms in total. The lowest BCUT2D eigenvalue weighted by molar-refractivity contribution is 0.631. The Labute approximate surface area is 193 Å². The number of benzene rings is 4. The van der Waals surface area contributed by atoms with Crippen molar-refractivity contribution in [1.29, 1.82) is 0 Å². The number of unbranched alkanes of at least 4 members (excludes halogenated alkanes) is 1. The average molecular weight is 433 g/mol. The molecule has 0 atom stereocenters. The van der Waals surface area contributed by atoms with Crippen LogP contribution in [0.2, 0.25) is 0 Å². The third kappa shape index (κ3) is 4.98. The average Bonchev–Trinajstić information content (AvgIpc) is 2.87. The van der Waals surface area contributed by atoms with Gasteiger partial charge in [-0.1, -0.05) is 72.8 Å². The highest BCUT2D eigenvalue weighted by Gasteiger charge is 2.10. The highest BCUT2D eigenvalue weighted by Crippen LogP contribution is 2.29. The van der Waals surface area contributed by atoms with Crippen molar-refractivity contribution >= 4 is 10.9 Å². The minimum absolute atomic E-state index is 0.235. The Morgan fingerprint density at radius 3 is 2.27 bits per heavy atom. The fourth-order valence-electron chi connectivity index (χ4n) is 4.19. The number of aromatic nitrogens is 2. The SMILES string of the molecule is Fc1ccc(-c2ncc3ccccc3n2)cc1-c1cccc(CCCCc2ccccc2)c1.